The van der Waals surface area contributed by atoms with Gasteiger partial charge in [0.05, 0.1) is 12.7 Å². The van der Waals surface area contributed by atoms with E-state index in [1.807, 2.05) is 0 Å². The number of hydrogen-bond acceptors (Lipinski definition) is 6. The second-order valence-corrected chi connectivity index (χ2v) is 3.38. The van der Waals surface area contributed by atoms with Crippen LogP contribution in [0.15, 0.2) is 6.20 Å². The van der Waals surface area contributed by atoms with Crippen LogP contribution in [-0.4, -0.2) is 33.9 Å². The Bertz CT molecular complexity index is 388. The van der Waals surface area contributed by atoms with Crippen molar-refractivity contribution in [2.75, 3.05) is 17.3 Å². The molecule has 0 bridgehead atoms. The number of hydrazine groups is 1. The van der Waals surface area contributed by atoms with Gasteiger partial charge in [-0.1, -0.05) is 11.6 Å². The first-order valence-corrected chi connectivity index (χ1v) is 4.70. The molecule has 0 saturated heterocycles. The quantitative estimate of drug-likeness (QED) is 0.477. The molecular formula is C7H9ClF3N5O. The molecule has 0 aromatic carbocycles. The number of nitrogens with two attached hydrogens (primary N) is 1. The topological polar surface area (TPSA) is 96.1 Å². The SMILES string of the molecule is NNc1ncc(Cl)c(NCC(O)C(F)(F)F)n1. The Labute approximate surface area is 99.0 Å². The molecule has 6 nitrogen and oxygen atoms in total. The Kier molecular flexibility index (Phi) is 4.32. The Hall–Kier alpha value is -1.32. The van der Waals surface area contributed by atoms with Gasteiger partial charge in [0.2, 0.25) is 5.95 Å². The fraction of sp³-hybridized carbons (Fsp3) is 0.429. The molecule has 1 unspecified atom stereocenters. The van der Waals surface area contributed by atoms with Crippen LogP contribution in [0.2, 0.25) is 5.02 Å². The molecule has 1 aromatic heterocycles. The molecule has 0 fully saturated rings. The van der Waals surface area contributed by atoms with Gasteiger partial charge in [-0.2, -0.15) is 18.2 Å². The third kappa shape index (κ3) is 3.88. The maximum atomic E-state index is 12.0. The highest BCUT2D eigenvalue weighted by molar-refractivity contribution is 6.32. The number of nitrogen functional groups attached to an aromatic ring is 1. The smallest absolute Gasteiger partial charge is 0.382 e. The lowest BCUT2D eigenvalue weighted by molar-refractivity contribution is -0.198. The van der Waals surface area contributed by atoms with Crippen molar-refractivity contribution in [1.82, 2.24) is 9.97 Å². The number of nitrogens with zero attached hydrogens (tertiary/aromatic N) is 2. The molecule has 1 aromatic rings. The number of nitrogens with one attached hydrogen (secondary N) is 2. The van der Waals surface area contributed by atoms with Gasteiger partial charge in [0, 0.05) is 0 Å². The van der Waals surface area contributed by atoms with Gasteiger partial charge in [0.15, 0.2) is 11.9 Å². The summed E-state index contributed by atoms with van der Waals surface area (Å²) in [5.74, 6) is 4.95. The summed E-state index contributed by atoms with van der Waals surface area (Å²) in [7, 11) is 0. The molecular weight excluding hydrogens is 263 g/mol. The van der Waals surface area contributed by atoms with Crippen molar-refractivity contribution in [1.29, 1.82) is 0 Å². The summed E-state index contributed by atoms with van der Waals surface area (Å²) in [5.41, 5.74) is 2.11. The molecule has 5 N–H and O–H groups in total. The summed E-state index contributed by atoms with van der Waals surface area (Å²) in [6.45, 7) is -0.774. The molecule has 17 heavy (non-hydrogen) atoms. The lowest BCUT2D eigenvalue weighted by Gasteiger charge is -2.15. The van der Waals surface area contributed by atoms with Gasteiger partial charge in [-0.3, -0.25) is 5.43 Å². The van der Waals surface area contributed by atoms with Gasteiger partial charge in [-0.25, -0.2) is 10.8 Å². The highest BCUT2D eigenvalue weighted by atomic mass is 35.5. The monoisotopic (exact) mass is 271 g/mol. The Balaban J connectivity index is 2.69. The van der Waals surface area contributed by atoms with E-state index in [4.69, 9.17) is 22.6 Å². The van der Waals surface area contributed by atoms with E-state index >= 15 is 0 Å². The van der Waals surface area contributed by atoms with Gasteiger partial charge in [-0.15, -0.1) is 0 Å². The third-order valence-corrected chi connectivity index (χ3v) is 1.99. The largest absolute Gasteiger partial charge is 0.416 e. The number of hydrogen-bond donors (Lipinski definition) is 4. The van der Waals surface area contributed by atoms with Crippen LogP contribution in [0.4, 0.5) is 24.9 Å². The second kappa shape index (κ2) is 5.34. The lowest BCUT2D eigenvalue weighted by atomic mass is 10.3. The van der Waals surface area contributed by atoms with E-state index in [9.17, 15) is 13.2 Å². The van der Waals surface area contributed by atoms with Gasteiger partial charge in [0.1, 0.15) is 5.02 Å². The first kappa shape index (κ1) is 13.7. The van der Waals surface area contributed by atoms with Crippen LogP contribution in [0.1, 0.15) is 0 Å². The number of aliphatic hydroxyl groups is 1. The number of halogens is 4. The first-order valence-electron chi connectivity index (χ1n) is 4.32. The number of rotatable bonds is 4. The van der Waals surface area contributed by atoms with Crippen molar-refractivity contribution < 1.29 is 18.3 Å². The number of alkyl halides is 3. The minimum absolute atomic E-state index is 0.0124. The summed E-state index contributed by atoms with van der Waals surface area (Å²) in [5, 5.41) is 11.0. The van der Waals surface area contributed by atoms with Crippen LogP contribution < -0.4 is 16.6 Å². The third-order valence-electron chi connectivity index (χ3n) is 1.71. The average Bonchev–Trinajstić information content (AvgIpc) is 2.26. The molecule has 0 aliphatic rings. The first-order chi connectivity index (χ1) is 7.84. The van der Waals surface area contributed by atoms with Crippen LogP contribution in [0.3, 0.4) is 0 Å². The summed E-state index contributed by atoms with van der Waals surface area (Å²) < 4.78 is 36.0. The predicted molar refractivity (Wildman–Crippen MR) is 55.4 cm³/mol. The minimum atomic E-state index is -4.71. The molecule has 0 radical (unpaired) electrons. The molecule has 0 aliphatic heterocycles. The molecule has 0 saturated carbocycles. The average molecular weight is 272 g/mol. The van der Waals surface area contributed by atoms with E-state index in [0.29, 0.717) is 0 Å². The highest BCUT2D eigenvalue weighted by Crippen LogP contribution is 2.22. The number of anilines is 2. The van der Waals surface area contributed by atoms with Gasteiger partial charge < -0.3 is 10.4 Å². The lowest BCUT2D eigenvalue weighted by Crippen LogP contribution is -2.35. The van der Waals surface area contributed by atoms with E-state index in [2.05, 4.69) is 20.7 Å². The van der Waals surface area contributed by atoms with Crippen molar-refractivity contribution >= 4 is 23.4 Å². The van der Waals surface area contributed by atoms with Crippen molar-refractivity contribution in [3.8, 4) is 0 Å². The van der Waals surface area contributed by atoms with Crippen molar-refractivity contribution in [3.63, 3.8) is 0 Å². The Morgan fingerprint density at radius 2 is 2.18 bits per heavy atom. The zero-order valence-electron chi connectivity index (χ0n) is 8.29. The second-order valence-electron chi connectivity index (χ2n) is 2.97. The fourth-order valence-corrected chi connectivity index (χ4v) is 1.03. The summed E-state index contributed by atoms with van der Waals surface area (Å²) in [6, 6.07) is 0. The minimum Gasteiger partial charge on any atom is -0.382 e. The van der Waals surface area contributed by atoms with E-state index in [0.717, 1.165) is 6.20 Å². The fourth-order valence-electron chi connectivity index (χ4n) is 0.870. The van der Waals surface area contributed by atoms with Crippen LogP contribution in [0.5, 0.6) is 0 Å². The summed E-state index contributed by atoms with van der Waals surface area (Å²) >= 11 is 5.63. The van der Waals surface area contributed by atoms with Crippen LogP contribution in [-0.2, 0) is 0 Å². The molecule has 0 spiro atoms. The van der Waals surface area contributed by atoms with E-state index in [1.165, 1.54) is 0 Å². The normalized spacial score (nSPS) is 13.3. The molecule has 1 atom stereocenters. The number of aromatic nitrogens is 2. The van der Waals surface area contributed by atoms with Gasteiger partial charge in [-0.05, 0) is 0 Å². The van der Waals surface area contributed by atoms with E-state index in [-0.39, 0.29) is 16.8 Å². The summed E-state index contributed by atoms with van der Waals surface area (Å²) in [4.78, 5) is 7.31. The number of aliphatic hydroxyl groups excluding tert-OH is 1. The molecule has 96 valence electrons. The van der Waals surface area contributed by atoms with Gasteiger partial charge in [0.25, 0.3) is 0 Å². The van der Waals surface area contributed by atoms with Gasteiger partial charge >= 0.3 is 6.18 Å². The standard InChI is InChI=1S/C7H9ClF3N5O/c8-3-1-14-6(16-12)15-5(3)13-2-4(17)7(9,10)11/h1,4,17H,2,12H2,(H2,13,14,15,16). The van der Waals surface area contributed by atoms with Crippen molar-refractivity contribution in [2.45, 2.75) is 12.3 Å². The van der Waals surface area contributed by atoms with Crippen molar-refractivity contribution in [3.05, 3.63) is 11.2 Å². The zero-order valence-corrected chi connectivity index (χ0v) is 9.05. The molecule has 1 heterocycles. The van der Waals surface area contributed by atoms with Crippen LogP contribution >= 0.6 is 11.6 Å². The Morgan fingerprint density at radius 1 is 1.53 bits per heavy atom. The van der Waals surface area contributed by atoms with Crippen molar-refractivity contribution in [2.24, 2.45) is 5.84 Å². The van der Waals surface area contributed by atoms with E-state index in [1.54, 1.807) is 0 Å². The zero-order chi connectivity index (χ0) is 13.1. The van der Waals surface area contributed by atoms with Crippen LogP contribution in [0, 0.1) is 0 Å². The molecule has 0 aliphatic carbocycles. The molecule has 0 amide bonds. The maximum absolute atomic E-state index is 12.0. The predicted octanol–water partition coefficient (Wildman–Crippen LogP) is 0.751. The van der Waals surface area contributed by atoms with Crippen LogP contribution in [0.25, 0.3) is 0 Å². The molecule has 1 rings (SSSR count). The maximum Gasteiger partial charge on any atom is 0.416 e. The highest BCUT2D eigenvalue weighted by Gasteiger charge is 2.38. The van der Waals surface area contributed by atoms with E-state index < -0.39 is 18.8 Å². The Morgan fingerprint density at radius 3 is 2.71 bits per heavy atom. The summed E-state index contributed by atoms with van der Waals surface area (Å²) in [6.07, 6.45) is -6.06. The molecule has 10 heteroatoms.